The van der Waals surface area contributed by atoms with Crippen molar-refractivity contribution in [2.24, 2.45) is 16.5 Å². The molecule has 0 bridgehead atoms. The predicted molar refractivity (Wildman–Crippen MR) is 82.7 cm³/mol. The molecule has 5 heteroatoms. The fourth-order valence-corrected chi connectivity index (χ4v) is 1.93. The number of hydrogen-bond acceptors (Lipinski definition) is 3. The first-order valence-electron chi connectivity index (χ1n) is 6.60. The fraction of sp³-hybridized carbons (Fsp3) is 0.125. The normalized spacial score (nSPS) is 9.95. The Bertz CT molecular complexity index is 677. The van der Waals surface area contributed by atoms with E-state index in [-0.39, 0.29) is 5.96 Å². The van der Waals surface area contributed by atoms with E-state index in [0.717, 1.165) is 12.0 Å². The van der Waals surface area contributed by atoms with Gasteiger partial charge in [0.1, 0.15) is 5.75 Å². The smallest absolute Gasteiger partial charge is 0.345 e. The zero-order valence-corrected chi connectivity index (χ0v) is 11.7. The second-order valence-corrected chi connectivity index (χ2v) is 4.40. The summed E-state index contributed by atoms with van der Waals surface area (Å²) in [6, 6.07) is 14.2. The summed E-state index contributed by atoms with van der Waals surface area (Å²) in [5, 5.41) is 0. The lowest BCUT2D eigenvalue weighted by atomic mass is 10.1. The van der Waals surface area contributed by atoms with Crippen molar-refractivity contribution in [3.05, 3.63) is 59.7 Å². The Balaban J connectivity index is 2.31. The zero-order chi connectivity index (χ0) is 15.2. The van der Waals surface area contributed by atoms with Gasteiger partial charge in [0, 0.05) is 0 Å². The molecular weight excluding hydrogens is 266 g/mol. The summed E-state index contributed by atoms with van der Waals surface area (Å²) in [7, 11) is 0. The van der Waals surface area contributed by atoms with Gasteiger partial charge in [0.25, 0.3) is 0 Å². The average molecular weight is 283 g/mol. The van der Waals surface area contributed by atoms with Crippen LogP contribution < -0.4 is 16.2 Å². The molecule has 0 saturated heterocycles. The first kappa shape index (κ1) is 14.6. The standard InChI is InChI=1S/C16H17N3O2/c1-2-11-7-3-6-10-14(11)21-15(20)12-8-4-5-9-13(12)19-16(17)18/h3-10H,2H2,1H3,(H4,17,18,19). The molecule has 0 spiro atoms. The number of aliphatic imine (C=N–C) groups is 1. The molecule has 0 aromatic heterocycles. The largest absolute Gasteiger partial charge is 0.423 e. The minimum atomic E-state index is -0.489. The molecule has 4 N–H and O–H groups in total. The zero-order valence-electron chi connectivity index (χ0n) is 11.7. The summed E-state index contributed by atoms with van der Waals surface area (Å²) in [5.74, 6) is -0.0507. The van der Waals surface area contributed by atoms with Crippen LogP contribution in [0.3, 0.4) is 0 Å². The van der Waals surface area contributed by atoms with Crippen LogP contribution in [0.15, 0.2) is 53.5 Å². The number of carbonyl (C=O) groups is 1. The van der Waals surface area contributed by atoms with Crippen LogP contribution in [-0.4, -0.2) is 11.9 Å². The lowest BCUT2D eigenvalue weighted by Gasteiger charge is -2.09. The molecule has 0 aliphatic carbocycles. The Morgan fingerprint density at radius 1 is 1.10 bits per heavy atom. The highest BCUT2D eigenvalue weighted by Gasteiger charge is 2.14. The molecule has 0 aliphatic heterocycles. The van der Waals surface area contributed by atoms with Crippen LogP contribution in [0.4, 0.5) is 5.69 Å². The van der Waals surface area contributed by atoms with E-state index in [1.54, 1.807) is 30.3 Å². The van der Waals surface area contributed by atoms with Gasteiger partial charge in [-0.1, -0.05) is 37.3 Å². The van der Waals surface area contributed by atoms with E-state index in [2.05, 4.69) is 4.99 Å². The van der Waals surface area contributed by atoms with Gasteiger partial charge in [-0.05, 0) is 30.2 Å². The number of benzene rings is 2. The van der Waals surface area contributed by atoms with Crippen molar-refractivity contribution in [3.63, 3.8) is 0 Å². The van der Waals surface area contributed by atoms with E-state index in [9.17, 15) is 4.79 Å². The number of nitrogens with zero attached hydrogens (tertiary/aromatic N) is 1. The molecule has 0 atom stereocenters. The van der Waals surface area contributed by atoms with Gasteiger partial charge in [0.15, 0.2) is 5.96 Å². The van der Waals surface area contributed by atoms with Crippen LogP contribution >= 0.6 is 0 Å². The number of carbonyl (C=O) groups excluding carboxylic acids is 1. The SMILES string of the molecule is CCc1ccccc1OC(=O)c1ccccc1N=C(N)N. The monoisotopic (exact) mass is 283 g/mol. The lowest BCUT2D eigenvalue weighted by Crippen LogP contribution is -2.22. The van der Waals surface area contributed by atoms with E-state index >= 15 is 0 Å². The predicted octanol–water partition coefficient (Wildman–Crippen LogP) is 2.37. The minimum absolute atomic E-state index is 0.107. The van der Waals surface area contributed by atoms with Crippen LogP contribution in [0.2, 0.25) is 0 Å². The Labute approximate surface area is 123 Å². The van der Waals surface area contributed by atoms with E-state index < -0.39 is 5.97 Å². The maximum Gasteiger partial charge on any atom is 0.345 e. The molecule has 2 aromatic carbocycles. The number of para-hydroxylation sites is 2. The number of ether oxygens (including phenoxy) is 1. The Kier molecular flexibility index (Phi) is 4.56. The van der Waals surface area contributed by atoms with Crippen LogP contribution in [0.1, 0.15) is 22.8 Å². The highest BCUT2D eigenvalue weighted by atomic mass is 16.5. The molecule has 5 nitrogen and oxygen atoms in total. The van der Waals surface area contributed by atoms with Gasteiger partial charge in [-0.25, -0.2) is 9.79 Å². The maximum atomic E-state index is 12.3. The molecule has 0 aliphatic rings. The van der Waals surface area contributed by atoms with Gasteiger partial charge in [-0.2, -0.15) is 0 Å². The van der Waals surface area contributed by atoms with Gasteiger partial charge in [0.2, 0.25) is 0 Å². The highest BCUT2D eigenvalue weighted by molar-refractivity contribution is 5.97. The quantitative estimate of drug-likeness (QED) is 0.390. The highest BCUT2D eigenvalue weighted by Crippen LogP contribution is 2.23. The van der Waals surface area contributed by atoms with E-state index in [0.29, 0.717) is 17.0 Å². The van der Waals surface area contributed by atoms with Crippen molar-refractivity contribution in [1.29, 1.82) is 0 Å². The van der Waals surface area contributed by atoms with Crippen LogP contribution in [0.5, 0.6) is 5.75 Å². The second-order valence-electron chi connectivity index (χ2n) is 4.40. The molecule has 0 saturated carbocycles. The third-order valence-electron chi connectivity index (χ3n) is 2.93. The van der Waals surface area contributed by atoms with Crippen LogP contribution in [0, 0.1) is 0 Å². The second kappa shape index (κ2) is 6.56. The van der Waals surface area contributed by atoms with Crippen molar-refractivity contribution in [2.75, 3.05) is 0 Å². The Hall–Kier alpha value is -2.82. The molecular formula is C16H17N3O2. The number of guanidine groups is 1. The summed E-state index contributed by atoms with van der Waals surface area (Å²) >= 11 is 0. The summed E-state index contributed by atoms with van der Waals surface area (Å²) in [6.07, 6.45) is 0.777. The number of rotatable bonds is 4. The topological polar surface area (TPSA) is 90.7 Å². The molecule has 108 valence electrons. The first-order valence-corrected chi connectivity index (χ1v) is 6.60. The summed E-state index contributed by atoms with van der Waals surface area (Å²) in [4.78, 5) is 16.2. The van der Waals surface area contributed by atoms with Gasteiger partial charge in [-0.3, -0.25) is 0 Å². The van der Waals surface area contributed by atoms with E-state index in [1.807, 2.05) is 25.1 Å². The minimum Gasteiger partial charge on any atom is -0.423 e. The number of nitrogens with two attached hydrogens (primary N) is 2. The van der Waals surface area contributed by atoms with Crippen LogP contribution in [-0.2, 0) is 6.42 Å². The lowest BCUT2D eigenvalue weighted by molar-refractivity contribution is 0.0734. The van der Waals surface area contributed by atoms with Gasteiger partial charge < -0.3 is 16.2 Å². The molecule has 0 heterocycles. The van der Waals surface area contributed by atoms with Gasteiger partial charge in [0.05, 0.1) is 11.3 Å². The van der Waals surface area contributed by atoms with Crippen molar-refractivity contribution >= 4 is 17.6 Å². The first-order chi connectivity index (χ1) is 10.1. The third-order valence-corrected chi connectivity index (χ3v) is 2.93. The molecule has 0 fully saturated rings. The van der Waals surface area contributed by atoms with Crippen molar-refractivity contribution in [2.45, 2.75) is 13.3 Å². The number of esters is 1. The average Bonchev–Trinajstić information content (AvgIpc) is 2.47. The Morgan fingerprint density at radius 2 is 1.76 bits per heavy atom. The van der Waals surface area contributed by atoms with Crippen molar-refractivity contribution in [3.8, 4) is 5.75 Å². The molecule has 2 rings (SSSR count). The van der Waals surface area contributed by atoms with E-state index in [1.165, 1.54) is 0 Å². The number of hydrogen-bond donors (Lipinski definition) is 2. The Morgan fingerprint density at radius 3 is 2.48 bits per heavy atom. The van der Waals surface area contributed by atoms with Crippen molar-refractivity contribution in [1.82, 2.24) is 0 Å². The summed E-state index contributed by atoms with van der Waals surface area (Å²) in [6.45, 7) is 2.00. The maximum absolute atomic E-state index is 12.3. The molecule has 0 unspecified atom stereocenters. The molecule has 0 radical (unpaired) electrons. The molecule has 2 aromatic rings. The number of aryl methyl sites for hydroxylation is 1. The van der Waals surface area contributed by atoms with Gasteiger partial charge >= 0.3 is 5.97 Å². The summed E-state index contributed by atoms with van der Waals surface area (Å²) in [5.41, 5.74) is 12.4. The van der Waals surface area contributed by atoms with Crippen molar-refractivity contribution < 1.29 is 9.53 Å². The van der Waals surface area contributed by atoms with E-state index in [4.69, 9.17) is 16.2 Å². The third kappa shape index (κ3) is 3.60. The van der Waals surface area contributed by atoms with Gasteiger partial charge in [-0.15, -0.1) is 0 Å². The fourth-order valence-electron chi connectivity index (χ4n) is 1.93. The molecule has 0 amide bonds. The van der Waals surface area contributed by atoms with Crippen LogP contribution in [0.25, 0.3) is 0 Å². The molecule has 21 heavy (non-hydrogen) atoms. The summed E-state index contributed by atoms with van der Waals surface area (Å²) < 4.78 is 5.45.